The van der Waals surface area contributed by atoms with Gasteiger partial charge >= 0.3 is 18.6 Å². The van der Waals surface area contributed by atoms with Gasteiger partial charge in [0.15, 0.2) is 0 Å². The second-order valence-electron chi connectivity index (χ2n) is 8.30. The summed E-state index contributed by atoms with van der Waals surface area (Å²) in [6, 6.07) is 10.0. The second-order valence-corrected chi connectivity index (χ2v) is 9.55. The summed E-state index contributed by atoms with van der Waals surface area (Å²) in [4.78, 5) is 30.6. The number of urea groups is 1. The molecule has 3 N–H and O–H groups in total. The van der Waals surface area contributed by atoms with E-state index in [1.165, 1.54) is 31.3 Å². The number of aromatic nitrogens is 1. The van der Waals surface area contributed by atoms with E-state index in [9.17, 15) is 35.9 Å². The lowest BCUT2D eigenvalue weighted by Gasteiger charge is -2.42. The predicted octanol–water partition coefficient (Wildman–Crippen LogP) is 5.37. The van der Waals surface area contributed by atoms with E-state index < -0.39 is 54.3 Å². The van der Waals surface area contributed by atoms with E-state index in [2.05, 4.69) is 15.0 Å². The number of halogens is 7. The number of rotatable bonds is 10. The molecule has 0 aliphatic heterocycles. The number of carbonyl (C=O) groups excluding carboxylic acids is 2. The number of primary amides is 1. The largest absolute Gasteiger partial charge is 0.461 e. The number of amides is 3. The molecule has 3 amide bonds. The van der Waals surface area contributed by atoms with Crippen molar-refractivity contribution in [2.24, 2.45) is 5.73 Å². The van der Waals surface area contributed by atoms with Crippen molar-refractivity contribution in [2.45, 2.75) is 31.0 Å². The molecule has 3 rings (SSSR count). The number of ether oxygens (including phenoxy) is 1. The maximum Gasteiger partial charge on any atom is 0.461 e. The van der Waals surface area contributed by atoms with Gasteiger partial charge in [0.2, 0.25) is 5.91 Å². The maximum absolute atomic E-state index is 14.8. The van der Waals surface area contributed by atoms with Crippen LogP contribution in [0.3, 0.4) is 0 Å². The third kappa shape index (κ3) is 6.72. The van der Waals surface area contributed by atoms with E-state index in [1.807, 2.05) is 22.6 Å². The SMILES string of the molecule is C[C@](c1cc(F)cc(OC(F)(F)C(F)F)c1)(c1ccc(I)cn1)N(C(=O)NC(CF)C(N)=O)c1ccccc1. The van der Waals surface area contributed by atoms with Crippen molar-refractivity contribution in [3.8, 4) is 5.75 Å². The number of pyridine rings is 1. The number of nitrogens with zero attached hydrogens (tertiary/aromatic N) is 2. The fraction of sp³-hybridized carbons (Fsp3) is 0.240. The Morgan fingerprint density at radius 3 is 2.33 bits per heavy atom. The molecule has 7 nitrogen and oxygen atoms in total. The molecule has 14 heteroatoms. The lowest BCUT2D eigenvalue weighted by molar-refractivity contribution is -0.253. The molecule has 2 atom stereocenters. The molecule has 1 unspecified atom stereocenters. The minimum absolute atomic E-state index is 0.0648. The topological polar surface area (TPSA) is 97.6 Å². The quantitative estimate of drug-likeness (QED) is 0.225. The van der Waals surface area contributed by atoms with Crippen LogP contribution in [0, 0.1) is 9.39 Å². The molecule has 0 aliphatic carbocycles. The molecule has 0 saturated carbocycles. The minimum atomic E-state index is -4.95. The summed E-state index contributed by atoms with van der Waals surface area (Å²) in [6.07, 6.45) is -7.76. The Bertz CT molecular complexity index is 1320. The van der Waals surface area contributed by atoms with Gasteiger partial charge in [0.1, 0.15) is 29.8 Å². The van der Waals surface area contributed by atoms with Crippen LogP contribution in [0.4, 0.5) is 36.8 Å². The molecule has 1 aromatic heterocycles. The van der Waals surface area contributed by atoms with E-state index in [0.717, 1.165) is 17.0 Å². The molecule has 3 aromatic rings. The predicted molar refractivity (Wildman–Crippen MR) is 138 cm³/mol. The molecule has 0 bridgehead atoms. The van der Waals surface area contributed by atoms with Gasteiger partial charge in [-0.05, 0) is 71.5 Å². The van der Waals surface area contributed by atoms with Gasteiger partial charge in [-0.15, -0.1) is 0 Å². The first kappa shape index (κ1) is 30.0. The number of para-hydroxylation sites is 1. The van der Waals surface area contributed by atoms with Crippen LogP contribution in [0.1, 0.15) is 18.2 Å². The number of benzene rings is 2. The van der Waals surface area contributed by atoms with E-state index in [-0.39, 0.29) is 16.9 Å². The Kier molecular flexibility index (Phi) is 9.30. The number of nitrogens with two attached hydrogens (primary N) is 1. The highest BCUT2D eigenvalue weighted by Crippen LogP contribution is 2.41. The molecule has 1 heterocycles. The van der Waals surface area contributed by atoms with Crippen molar-refractivity contribution in [2.75, 3.05) is 11.6 Å². The summed E-state index contributed by atoms with van der Waals surface area (Å²) in [7, 11) is 0. The lowest BCUT2D eigenvalue weighted by atomic mass is 9.85. The summed E-state index contributed by atoms with van der Waals surface area (Å²) < 4.78 is 86.1. The molecular weight excluding hydrogens is 645 g/mol. The van der Waals surface area contributed by atoms with Crippen LogP contribution in [-0.2, 0) is 10.3 Å². The highest BCUT2D eigenvalue weighted by atomic mass is 127. The number of hydrogen-bond donors (Lipinski definition) is 2. The van der Waals surface area contributed by atoms with Crippen LogP contribution in [0.25, 0.3) is 0 Å². The molecule has 0 fully saturated rings. The summed E-state index contributed by atoms with van der Waals surface area (Å²) >= 11 is 1.96. The minimum Gasteiger partial charge on any atom is -0.428 e. The van der Waals surface area contributed by atoms with E-state index in [0.29, 0.717) is 9.64 Å². The highest BCUT2D eigenvalue weighted by molar-refractivity contribution is 14.1. The van der Waals surface area contributed by atoms with Crippen molar-refractivity contribution >= 4 is 40.2 Å². The molecule has 39 heavy (non-hydrogen) atoms. The molecule has 0 spiro atoms. The van der Waals surface area contributed by atoms with Crippen LogP contribution in [0.15, 0.2) is 66.9 Å². The first-order valence-electron chi connectivity index (χ1n) is 11.1. The molecule has 2 aromatic carbocycles. The molecule has 0 aliphatic rings. The van der Waals surface area contributed by atoms with Crippen LogP contribution >= 0.6 is 22.6 Å². The maximum atomic E-state index is 14.8. The zero-order valence-corrected chi connectivity index (χ0v) is 22.2. The van der Waals surface area contributed by atoms with Crippen molar-refractivity contribution in [1.82, 2.24) is 10.3 Å². The fourth-order valence-corrected chi connectivity index (χ4v) is 4.03. The van der Waals surface area contributed by atoms with Crippen molar-refractivity contribution in [3.63, 3.8) is 0 Å². The molecule has 208 valence electrons. The van der Waals surface area contributed by atoms with Crippen molar-refractivity contribution in [3.05, 3.63) is 87.5 Å². The fourth-order valence-electron chi connectivity index (χ4n) is 3.71. The van der Waals surface area contributed by atoms with Gasteiger partial charge < -0.3 is 15.8 Å². The van der Waals surface area contributed by atoms with Gasteiger partial charge in [-0.25, -0.2) is 13.6 Å². The summed E-state index contributed by atoms with van der Waals surface area (Å²) in [6.45, 7) is 0.0240. The highest BCUT2D eigenvalue weighted by Gasteiger charge is 2.46. The number of nitrogens with one attached hydrogen (secondary N) is 1. The summed E-state index contributed by atoms with van der Waals surface area (Å²) in [5, 5.41) is 2.17. The normalized spacial score (nSPS) is 13.9. The zero-order valence-electron chi connectivity index (χ0n) is 20.1. The van der Waals surface area contributed by atoms with Crippen LogP contribution in [0.5, 0.6) is 5.75 Å². The van der Waals surface area contributed by atoms with Gasteiger partial charge in [0.05, 0.1) is 5.69 Å². The number of alkyl halides is 5. The second kappa shape index (κ2) is 12.1. The lowest BCUT2D eigenvalue weighted by Crippen LogP contribution is -2.57. The van der Waals surface area contributed by atoms with Gasteiger partial charge in [-0.2, -0.15) is 17.6 Å². The Morgan fingerprint density at radius 1 is 1.13 bits per heavy atom. The Balaban J connectivity index is 2.30. The monoisotopic (exact) mass is 666 g/mol. The number of carbonyl (C=O) groups is 2. The Labute approximate surface area is 232 Å². The molecule has 0 radical (unpaired) electrons. The average molecular weight is 666 g/mol. The van der Waals surface area contributed by atoms with Crippen LogP contribution < -0.4 is 20.7 Å². The van der Waals surface area contributed by atoms with Gasteiger partial charge in [-0.1, -0.05) is 18.2 Å². The number of hydrogen-bond acceptors (Lipinski definition) is 4. The smallest absolute Gasteiger partial charge is 0.428 e. The van der Waals surface area contributed by atoms with E-state index in [4.69, 9.17) is 5.73 Å². The Morgan fingerprint density at radius 2 is 1.79 bits per heavy atom. The molecular formula is C25H21F6IN4O3. The standard InChI is InChI=1S/C25H21F6IN4O3/c1-24(20-8-7-16(32)13-34-20,14-9-15(27)11-18(10-14)39-25(30,31)22(28)29)36(17-5-3-2-4-6-17)23(38)35-19(12-26)21(33)37/h2-11,13,19,22H,12H2,1H3,(H2,33,37)(H,35,38)/t19?,24-/m0/s1. The van der Waals surface area contributed by atoms with Gasteiger partial charge in [0, 0.05) is 21.5 Å². The third-order valence-corrected chi connectivity index (χ3v) is 6.27. The van der Waals surface area contributed by atoms with Gasteiger partial charge in [0.25, 0.3) is 0 Å². The van der Waals surface area contributed by atoms with Crippen LogP contribution in [-0.4, -0.2) is 42.2 Å². The average Bonchev–Trinajstić information content (AvgIpc) is 2.87. The third-order valence-electron chi connectivity index (χ3n) is 5.63. The summed E-state index contributed by atoms with van der Waals surface area (Å²) in [5.41, 5.74) is 3.26. The van der Waals surface area contributed by atoms with Crippen molar-refractivity contribution < 1.29 is 40.7 Å². The van der Waals surface area contributed by atoms with E-state index in [1.54, 1.807) is 24.3 Å². The van der Waals surface area contributed by atoms with Crippen molar-refractivity contribution in [1.29, 1.82) is 0 Å². The van der Waals surface area contributed by atoms with E-state index >= 15 is 0 Å². The van der Waals surface area contributed by atoms with Crippen LogP contribution in [0.2, 0.25) is 0 Å². The summed E-state index contributed by atoms with van der Waals surface area (Å²) in [5.74, 6) is -3.29. The Hall–Kier alpha value is -3.56. The first-order chi connectivity index (χ1) is 18.3. The number of anilines is 1. The zero-order chi connectivity index (χ0) is 29.0. The van der Waals surface area contributed by atoms with Gasteiger partial charge in [-0.3, -0.25) is 14.7 Å². The molecule has 0 saturated heterocycles. The first-order valence-corrected chi connectivity index (χ1v) is 12.2.